The molecular formula is C17H21BrN2O3. The van der Waals surface area contributed by atoms with Crippen LogP contribution in [0, 0.1) is 6.92 Å². The monoisotopic (exact) mass is 380 g/mol. The van der Waals surface area contributed by atoms with Gasteiger partial charge in [-0.1, -0.05) is 47.3 Å². The average Bonchev–Trinajstić information content (AvgIpc) is 2.89. The molecule has 124 valence electrons. The lowest BCUT2D eigenvalue weighted by atomic mass is 10.1. The van der Waals surface area contributed by atoms with Crippen LogP contribution in [0.15, 0.2) is 18.2 Å². The molecule has 2 aromatic rings. The van der Waals surface area contributed by atoms with Crippen molar-refractivity contribution < 1.29 is 14.3 Å². The Labute approximate surface area is 143 Å². The molecule has 1 aromatic heterocycles. The summed E-state index contributed by atoms with van der Waals surface area (Å²) in [6, 6.07) is 5.76. The highest BCUT2D eigenvalue weighted by molar-refractivity contribution is 9.10. The van der Waals surface area contributed by atoms with Gasteiger partial charge in [-0.25, -0.2) is 4.79 Å². The molecule has 1 heterocycles. The van der Waals surface area contributed by atoms with Gasteiger partial charge in [-0.3, -0.25) is 4.79 Å². The summed E-state index contributed by atoms with van der Waals surface area (Å²) in [4.78, 5) is 27.1. The molecule has 0 aliphatic heterocycles. The fourth-order valence-electron chi connectivity index (χ4n) is 2.41. The van der Waals surface area contributed by atoms with Crippen LogP contribution in [0.2, 0.25) is 0 Å². The van der Waals surface area contributed by atoms with Crippen LogP contribution in [0.5, 0.6) is 0 Å². The van der Waals surface area contributed by atoms with Crippen molar-refractivity contribution >= 4 is 44.4 Å². The van der Waals surface area contributed by atoms with Gasteiger partial charge in [0, 0.05) is 10.9 Å². The number of benzene rings is 1. The summed E-state index contributed by atoms with van der Waals surface area (Å²) in [6.45, 7) is 4.04. The molecule has 0 aliphatic carbocycles. The van der Waals surface area contributed by atoms with Gasteiger partial charge in [0.1, 0.15) is 5.69 Å². The molecule has 0 radical (unpaired) electrons. The summed E-state index contributed by atoms with van der Waals surface area (Å²) in [5, 5.41) is 3.67. The van der Waals surface area contributed by atoms with E-state index in [1.807, 2.05) is 25.1 Å². The quantitative estimate of drug-likeness (QED) is 0.583. The van der Waals surface area contributed by atoms with Crippen LogP contribution in [0.4, 0.5) is 5.69 Å². The number of fused-ring (bicyclic) bond motifs is 1. The molecule has 23 heavy (non-hydrogen) atoms. The number of alkyl halides is 1. The van der Waals surface area contributed by atoms with Crippen LogP contribution in [0.1, 0.15) is 42.2 Å². The first-order chi connectivity index (χ1) is 11.0. The normalized spacial score (nSPS) is 12.2. The van der Waals surface area contributed by atoms with Crippen molar-refractivity contribution in [3.8, 4) is 0 Å². The summed E-state index contributed by atoms with van der Waals surface area (Å²) in [7, 11) is 1.32. The number of H-pyrrole nitrogens is 1. The maximum absolute atomic E-state index is 12.4. The second-order valence-corrected chi connectivity index (χ2v) is 6.62. The first kappa shape index (κ1) is 17.5. The highest BCUT2D eigenvalue weighted by atomic mass is 79.9. The zero-order chi connectivity index (χ0) is 17.0. The minimum Gasteiger partial charge on any atom is -0.464 e. The highest BCUT2D eigenvalue weighted by Crippen LogP contribution is 2.30. The molecule has 1 aromatic carbocycles. The third-order valence-corrected chi connectivity index (χ3v) is 4.56. The molecule has 2 N–H and O–H groups in total. The molecule has 1 atom stereocenters. The van der Waals surface area contributed by atoms with Gasteiger partial charge in [-0.05, 0) is 25.5 Å². The average molecular weight is 381 g/mol. The summed E-state index contributed by atoms with van der Waals surface area (Å²) in [5.41, 5.74) is 2.56. The van der Waals surface area contributed by atoms with Crippen molar-refractivity contribution in [2.45, 2.75) is 37.9 Å². The number of hydrogen-bond acceptors (Lipinski definition) is 3. The molecule has 5 nitrogen and oxygen atoms in total. The molecule has 0 spiro atoms. The van der Waals surface area contributed by atoms with Gasteiger partial charge in [-0.15, -0.1) is 0 Å². The lowest BCUT2D eigenvalue weighted by molar-refractivity contribution is -0.115. The Bertz CT molecular complexity index is 724. The summed E-state index contributed by atoms with van der Waals surface area (Å²) < 4.78 is 4.81. The number of ether oxygens (including phenoxy) is 1. The van der Waals surface area contributed by atoms with Gasteiger partial charge in [0.05, 0.1) is 17.6 Å². The first-order valence-electron chi connectivity index (χ1n) is 7.63. The molecule has 0 fully saturated rings. The van der Waals surface area contributed by atoms with E-state index < -0.39 is 5.97 Å². The maximum Gasteiger partial charge on any atom is 0.356 e. The van der Waals surface area contributed by atoms with Crippen LogP contribution in [0.3, 0.4) is 0 Å². The Kier molecular flexibility index (Phi) is 5.82. The molecular weight excluding hydrogens is 360 g/mol. The van der Waals surface area contributed by atoms with Gasteiger partial charge in [0.25, 0.3) is 0 Å². The summed E-state index contributed by atoms with van der Waals surface area (Å²) >= 11 is 3.41. The molecule has 0 bridgehead atoms. The number of unbranched alkanes of at least 4 members (excludes halogenated alkanes) is 1. The van der Waals surface area contributed by atoms with Crippen LogP contribution in [-0.4, -0.2) is 28.8 Å². The van der Waals surface area contributed by atoms with Crippen molar-refractivity contribution in [1.29, 1.82) is 0 Å². The third kappa shape index (κ3) is 3.93. The largest absolute Gasteiger partial charge is 0.464 e. The van der Waals surface area contributed by atoms with E-state index in [1.54, 1.807) is 0 Å². The number of aryl methyl sites for hydroxylation is 1. The van der Waals surface area contributed by atoms with E-state index in [0.29, 0.717) is 5.69 Å². The lowest BCUT2D eigenvalue weighted by Crippen LogP contribution is -2.23. The number of aromatic amines is 1. The topological polar surface area (TPSA) is 71.2 Å². The second-order valence-electron chi connectivity index (χ2n) is 5.51. The number of amides is 1. The van der Waals surface area contributed by atoms with E-state index >= 15 is 0 Å². The van der Waals surface area contributed by atoms with Crippen molar-refractivity contribution in [2.75, 3.05) is 12.4 Å². The van der Waals surface area contributed by atoms with Crippen LogP contribution < -0.4 is 5.32 Å². The van der Waals surface area contributed by atoms with Crippen molar-refractivity contribution in [3.63, 3.8) is 0 Å². The van der Waals surface area contributed by atoms with Gasteiger partial charge in [0.2, 0.25) is 5.91 Å². The third-order valence-electron chi connectivity index (χ3n) is 3.69. The number of nitrogens with one attached hydrogen (secondary N) is 2. The Morgan fingerprint density at radius 3 is 2.78 bits per heavy atom. The standard InChI is InChI=1S/C17H21BrN2O3/c1-4-5-6-12(18)16(21)20-14-11-9-10(2)7-8-13(11)19-15(14)17(22)23-3/h7-9,12,19H,4-6H2,1-3H3,(H,20,21). The highest BCUT2D eigenvalue weighted by Gasteiger charge is 2.22. The van der Waals surface area contributed by atoms with Crippen LogP contribution in [-0.2, 0) is 9.53 Å². The van der Waals surface area contributed by atoms with Crippen molar-refractivity contribution in [2.24, 2.45) is 0 Å². The van der Waals surface area contributed by atoms with Gasteiger partial charge in [0.15, 0.2) is 0 Å². The number of hydrogen-bond donors (Lipinski definition) is 2. The van der Waals surface area contributed by atoms with Gasteiger partial charge < -0.3 is 15.0 Å². The SMILES string of the molecule is CCCCC(Br)C(=O)Nc1c(C(=O)OC)[nH]c2ccc(C)cc12. The molecule has 0 saturated heterocycles. The Hall–Kier alpha value is -1.82. The predicted octanol–water partition coefficient (Wildman–Crippen LogP) is 4.16. The van der Waals surface area contributed by atoms with E-state index in [-0.39, 0.29) is 16.4 Å². The molecule has 6 heteroatoms. The molecule has 2 rings (SSSR count). The molecule has 0 aliphatic rings. The van der Waals surface area contributed by atoms with E-state index in [2.05, 4.69) is 33.2 Å². The Morgan fingerprint density at radius 2 is 2.13 bits per heavy atom. The minimum atomic E-state index is -0.506. The minimum absolute atomic E-state index is 0.161. The number of rotatable bonds is 6. The second kappa shape index (κ2) is 7.64. The number of halogens is 1. The predicted molar refractivity (Wildman–Crippen MR) is 95.2 cm³/mol. The molecule has 0 saturated carbocycles. The van der Waals surface area contributed by atoms with Gasteiger partial charge >= 0.3 is 5.97 Å². The van der Waals surface area contributed by atoms with Crippen molar-refractivity contribution in [1.82, 2.24) is 4.98 Å². The summed E-state index contributed by atoms with van der Waals surface area (Å²) in [6.07, 6.45) is 2.73. The number of anilines is 1. The zero-order valence-corrected chi connectivity index (χ0v) is 15.1. The number of esters is 1. The molecule has 1 amide bonds. The zero-order valence-electron chi connectivity index (χ0n) is 13.5. The first-order valence-corrected chi connectivity index (χ1v) is 8.55. The number of aromatic nitrogens is 1. The van der Waals surface area contributed by atoms with E-state index in [1.165, 1.54) is 7.11 Å². The number of methoxy groups -OCH3 is 1. The Balaban J connectivity index is 2.38. The maximum atomic E-state index is 12.4. The van der Waals surface area contributed by atoms with Crippen molar-refractivity contribution in [3.05, 3.63) is 29.5 Å². The van der Waals surface area contributed by atoms with Gasteiger partial charge in [-0.2, -0.15) is 0 Å². The van der Waals surface area contributed by atoms with Crippen LogP contribution in [0.25, 0.3) is 10.9 Å². The van der Waals surface area contributed by atoms with E-state index in [0.717, 1.165) is 35.7 Å². The molecule has 1 unspecified atom stereocenters. The lowest BCUT2D eigenvalue weighted by Gasteiger charge is -2.11. The van der Waals surface area contributed by atoms with E-state index in [9.17, 15) is 9.59 Å². The fraction of sp³-hybridized carbons (Fsp3) is 0.412. The summed E-state index contributed by atoms with van der Waals surface area (Å²) in [5.74, 6) is -0.667. The Morgan fingerprint density at radius 1 is 1.39 bits per heavy atom. The van der Waals surface area contributed by atoms with E-state index in [4.69, 9.17) is 4.74 Å². The number of carbonyl (C=O) groups is 2. The van der Waals surface area contributed by atoms with Crippen LogP contribution >= 0.6 is 15.9 Å². The fourth-order valence-corrected chi connectivity index (χ4v) is 2.84. The smallest absolute Gasteiger partial charge is 0.356 e. The number of carbonyl (C=O) groups excluding carboxylic acids is 2.